The maximum absolute atomic E-state index is 12.1. The van der Waals surface area contributed by atoms with Crippen LogP contribution in [-0.4, -0.2) is 27.6 Å². The van der Waals surface area contributed by atoms with E-state index in [1.807, 2.05) is 13.8 Å². The van der Waals surface area contributed by atoms with Crippen molar-refractivity contribution in [1.82, 2.24) is 15.2 Å². The predicted molar refractivity (Wildman–Crippen MR) is 75.6 cm³/mol. The van der Waals surface area contributed by atoms with Gasteiger partial charge in [0.05, 0.1) is 0 Å². The van der Waals surface area contributed by atoms with Gasteiger partial charge in [-0.05, 0) is 25.5 Å². The second-order valence-electron chi connectivity index (χ2n) is 3.81. The number of aryl methyl sites for hydroxylation is 1. The molecule has 0 aromatic carbocycles. The monoisotopic (exact) mass is 277 g/mol. The van der Waals surface area contributed by atoms with Gasteiger partial charge in [-0.1, -0.05) is 18.3 Å². The summed E-state index contributed by atoms with van der Waals surface area (Å²) in [5, 5.41) is 13.8. The Balaban J connectivity index is 2.22. The van der Waals surface area contributed by atoms with E-state index in [0.717, 1.165) is 18.7 Å². The molecule has 2 rings (SSSR count). The molecule has 0 saturated heterocycles. The van der Waals surface area contributed by atoms with E-state index in [4.69, 9.17) is 0 Å². The number of carbonyl (C=O) groups excluding carboxylic acids is 1. The first-order chi connectivity index (χ1) is 9.22. The SMILES string of the molecule is CCNc1cc(C(=O)Nc2nncs2)cc(CC)n1. The summed E-state index contributed by atoms with van der Waals surface area (Å²) in [5.74, 6) is 0.511. The van der Waals surface area contributed by atoms with Crippen LogP contribution in [0, 0.1) is 0 Å². The lowest BCUT2D eigenvalue weighted by Crippen LogP contribution is -2.13. The van der Waals surface area contributed by atoms with Gasteiger partial charge in [0.1, 0.15) is 11.3 Å². The average molecular weight is 277 g/mol. The van der Waals surface area contributed by atoms with Crippen LogP contribution in [0.1, 0.15) is 29.9 Å². The summed E-state index contributed by atoms with van der Waals surface area (Å²) < 4.78 is 0. The topological polar surface area (TPSA) is 79.8 Å². The van der Waals surface area contributed by atoms with Gasteiger partial charge in [0.25, 0.3) is 5.91 Å². The van der Waals surface area contributed by atoms with E-state index in [0.29, 0.717) is 16.5 Å². The molecule has 7 heteroatoms. The van der Waals surface area contributed by atoms with Crippen LogP contribution in [0.2, 0.25) is 0 Å². The lowest BCUT2D eigenvalue weighted by molar-refractivity contribution is 0.102. The zero-order chi connectivity index (χ0) is 13.7. The van der Waals surface area contributed by atoms with Gasteiger partial charge in [0.15, 0.2) is 0 Å². The van der Waals surface area contributed by atoms with Crippen molar-refractivity contribution in [3.8, 4) is 0 Å². The highest BCUT2D eigenvalue weighted by atomic mass is 32.1. The molecule has 0 unspecified atom stereocenters. The molecule has 19 heavy (non-hydrogen) atoms. The maximum atomic E-state index is 12.1. The molecule has 0 fully saturated rings. The van der Waals surface area contributed by atoms with Crippen LogP contribution in [0.5, 0.6) is 0 Å². The zero-order valence-corrected chi connectivity index (χ0v) is 11.6. The highest BCUT2D eigenvalue weighted by Crippen LogP contribution is 2.14. The molecule has 0 saturated carbocycles. The molecule has 0 bridgehead atoms. The molecular weight excluding hydrogens is 262 g/mol. The number of rotatable bonds is 5. The molecule has 2 heterocycles. The van der Waals surface area contributed by atoms with Crippen LogP contribution in [0.15, 0.2) is 17.6 Å². The Hall–Kier alpha value is -2.02. The second-order valence-corrected chi connectivity index (χ2v) is 4.65. The Morgan fingerprint density at radius 3 is 2.84 bits per heavy atom. The smallest absolute Gasteiger partial charge is 0.257 e. The van der Waals surface area contributed by atoms with E-state index < -0.39 is 0 Å². The Bertz CT molecular complexity index is 555. The number of nitrogens with one attached hydrogen (secondary N) is 2. The van der Waals surface area contributed by atoms with E-state index in [1.54, 1.807) is 17.6 Å². The van der Waals surface area contributed by atoms with E-state index in [-0.39, 0.29) is 5.91 Å². The van der Waals surface area contributed by atoms with E-state index >= 15 is 0 Å². The van der Waals surface area contributed by atoms with Crippen LogP contribution in [0.4, 0.5) is 10.9 Å². The summed E-state index contributed by atoms with van der Waals surface area (Å²) >= 11 is 1.28. The first-order valence-electron chi connectivity index (χ1n) is 6.05. The van der Waals surface area contributed by atoms with Gasteiger partial charge in [0.2, 0.25) is 5.13 Å². The highest BCUT2D eigenvalue weighted by molar-refractivity contribution is 7.13. The van der Waals surface area contributed by atoms with Crippen molar-refractivity contribution in [2.75, 3.05) is 17.2 Å². The van der Waals surface area contributed by atoms with Crippen molar-refractivity contribution < 1.29 is 4.79 Å². The first kappa shape index (κ1) is 13.4. The standard InChI is InChI=1S/C12H15N5OS/c1-3-9-5-8(6-10(15-9)13-4-2)11(18)16-12-17-14-7-19-12/h5-7H,3-4H2,1-2H3,(H,13,15)(H,16,17,18). The lowest BCUT2D eigenvalue weighted by Gasteiger charge is -2.08. The summed E-state index contributed by atoms with van der Waals surface area (Å²) in [6, 6.07) is 3.52. The fourth-order valence-corrected chi connectivity index (χ4v) is 2.01. The molecule has 0 aliphatic heterocycles. The number of amides is 1. The van der Waals surface area contributed by atoms with Crippen LogP contribution >= 0.6 is 11.3 Å². The fraction of sp³-hybridized carbons (Fsp3) is 0.333. The van der Waals surface area contributed by atoms with E-state index in [1.165, 1.54) is 11.3 Å². The van der Waals surface area contributed by atoms with Crippen molar-refractivity contribution in [2.24, 2.45) is 0 Å². The second kappa shape index (κ2) is 6.24. The number of nitrogens with zero attached hydrogens (tertiary/aromatic N) is 3. The van der Waals surface area contributed by atoms with Gasteiger partial charge in [-0.2, -0.15) is 0 Å². The summed E-state index contributed by atoms with van der Waals surface area (Å²) in [6.07, 6.45) is 0.776. The van der Waals surface area contributed by atoms with Crippen molar-refractivity contribution in [1.29, 1.82) is 0 Å². The molecule has 0 spiro atoms. The molecule has 2 aromatic heterocycles. The van der Waals surface area contributed by atoms with Crippen LogP contribution in [0.3, 0.4) is 0 Å². The van der Waals surface area contributed by atoms with Crippen molar-refractivity contribution in [2.45, 2.75) is 20.3 Å². The van der Waals surface area contributed by atoms with Crippen molar-refractivity contribution in [3.05, 3.63) is 28.9 Å². The fourth-order valence-electron chi connectivity index (χ4n) is 1.57. The van der Waals surface area contributed by atoms with Crippen LogP contribution in [0.25, 0.3) is 0 Å². The number of carbonyl (C=O) groups is 1. The number of hydrogen-bond acceptors (Lipinski definition) is 6. The lowest BCUT2D eigenvalue weighted by atomic mass is 10.2. The summed E-state index contributed by atoms with van der Waals surface area (Å²) in [6.45, 7) is 4.75. The third-order valence-corrected chi connectivity index (χ3v) is 3.05. The Morgan fingerprint density at radius 1 is 1.37 bits per heavy atom. The number of hydrogen-bond donors (Lipinski definition) is 2. The average Bonchev–Trinajstić information content (AvgIpc) is 2.91. The Kier molecular flexibility index (Phi) is 4.40. The number of anilines is 2. The third-order valence-electron chi connectivity index (χ3n) is 2.44. The summed E-state index contributed by atoms with van der Waals surface area (Å²) in [4.78, 5) is 16.5. The third kappa shape index (κ3) is 3.47. The van der Waals surface area contributed by atoms with Crippen molar-refractivity contribution in [3.63, 3.8) is 0 Å². The van der Waals surface area contributed by atoms with Gasteiger partial charge in [-0.15, -0.1) is 10.2 Å². The minimum Gasteiger partial charge on any atom is -0.370 e. The molecule has 0 aliphatic rings. The summed E-state index contributed by atoms with van der Waals surface area (Å²) in [5.41, 5.74) is 3.02. The van der Waals surface area contributed by atoms with Gasteiger partial charge >= 0.3 is 0 Å². The highest BCUT2D eigenvalue weighted by Gasteiger charge is 2.11. The quantitative estimate of drug-likeness (QED) is 0.875. The largest absolute Gasteiger partial charge is 0.370 e. The summed E-state index contributed by atoms with van der Waals surface area (Å²) in [7, 11) is 0. The van der Waals surface area contributed by atoms with E-state index in [9.17, 15) is 4.79 Å². The Morgan fingerprint density at radius 2 is 2.21 bits per heavy atom. The Labute approximate surface area is 115 Å². The molecule has 0 aliphatic carbocycles. The molecule has 2 N–H and O–H groups in total. The maximum Gasteiger partial charge on any atom is 0.257 e. The predicted octanol–water partition coefficient (Wildman–Crippen LogP) is 2.18. The number of pyridine rings is 1. The van der Waals surface area contributed by atoms with Crippen LogP contribution < -0.4 is 10.6 Å². The molecule has 0 atom stereocenters. The minimum absolute atomic E-state index is 0.201. The first-order valence-corrected chi connectivity index (χ1v) is 6.93. The number of aromatic nitrogens is 3. The normalized spacial score (nSPS) is 10.2. The molecule has 2 aromatic rings. The molecule has 0 radical (unpaired) electrons. The molecular formula is C12H15N5OS. The molecule has 6 nitrogen and oxygen atoms in total. The molecule has 100 valence electrons. The van der Waals surface area contributed by atoms with Crippen LogP contribution in [-0.2, 0) is 6.42 Å². The molecule has 1 amide bonds. The van der Waals surface area contributed by atoms with Gasteiger partial charge < -0.3 is 5.32 Å². The van der Waals surface area contributed by atoms with Gasteiger partial charge in [0, 0.05) is 17.8 Å². The van der Waals surface area contributed by atoms with Gasteiger partial charge in [-0.25, -0.2) is 4.98 Å². The van der Waals surface area contributed by atoms with E-state index in [2.05, 4.69) is 25.8 Å². The van der Waals surface area contributed by atoms with Crippen molar-refractivity contribution >= 4 is 28.2 Å². The zero-order valence-electron chi connectivity index (χ0n) is 10.8. The minimum atomic E-state index is -0.201. The van der Waals surface area contributed by atoms with Gasteiger partial charge in [-0.3, -0.25) is 10.1 Å².